The summed E-state index contributed by atoms with van der Waals surface area (Å²) < 4.78 is 73.1. The Kier molecular flexibility index (Phi) is 7.96. The molecule has 1 saturated heterocycles. The van der Waals surface area contributed by atoms with Crippen LogP contribution in [-0.2, 0) is 24.8 Å². The minimum absolute atomic E-state index is 0.0403. The van der Waals surface area contributed by atoms with E-state index in [4.69, 9.17) is 4.74 Å². The van der Waals surface area contributed by atoms with Crippen LogP contribution in [0.4, 0.5) is 10.1 Å². The van der Waals surface area contributed by atoms with Gasteiger partial charge in [-0.25, -0.2) is 25.9 Å². The molecule has 2 aromatic rings. The molecule has 3 rings (SSSR count). The van der Waals surface area contributed by atoms with Gasteiger partial charge in [-0.3, -0.25) is 4.79 Å². The first-order valence-electron chi connectivity index (χ1n) is 10.7. The first-order chi connectivity index (χ1) is 15.9. The van der Waals surface area contributed by atoms with Crippen LogP contribution in [0, 0.1) is 11.7 Å². The molecule has 12 heteroatoms. The highest BCUT2D eigenvalue weighted by molar-refractivity contribution is 7.89. The quantitative estimate of drug-likeness (QED) is 0.560. The van der Waals surface area contributed by atoms with Crippen molar-refractivity contribution in [3.8, 4) is 5.75 Å². The Bertz CT molecular complexity index is 1250. The Morgan fingerprint density at radius 2 is 1.74 bits per heavy atom. The van der Waals surface area contributed by atoms with Crippen molar-refractivity contribution in [1.82, 2.24) is 9.03 Å². The number of methoxy groups -OCH3 is 1. The minimum Gasteiger partial charge on any atom is -0.495 e. The van der Waals surface area contributed by atoms with Crippen LogP contribution in [-0.4, -0.2) is 53.3 Å². The van der Waals surface area contributed by atoms with Gasteiger partial charge in [0.15, 0.2) is 0 Å². The number of anilines is 1. The van der Waals surface area contributed by atoms with Crippen LogP contribution < -0.4 is 14.8 Å². The summed E-state index contributed by atoms with van der Waals surface area (Å²) in [6.07, 6.45) is 0.916. The average molecular weight is 514 g/mol. The predicted octanol–water partition coefficient (Wildman–Crippen LogP) is 2.56. The van der Waals surface area contributed by atoms with Crippen molar-refractivity contribution in [3.63, 3.8) is 0 Å². The van der Waals surface area contributed by atoms with Crippen molar-refractivity contribution >= 4 is 31.6 Å². The topological polar surface area (TPSA) is 122 Å². The van der Waals surface area contributed by atoms with Crippen LogP contribution in [0.5, 0.6) is 5.75 Å². The summed E-state index contributed by atoms with van der Waals surface area (Å²) >= 11 is 0. The highest BCUT2D eigenvalue weighted by Gasteiger charge is 2.33. The Labute approximate surface area is 199 Å². The number of nitrogens with one attached hydrogen (secondary N) is 2. The molecular weight excluding hydrogens is 485 g/mol. The Hall–Kier alpha value is -2.54. The summed E-state index contributed by atoms with van der Waals surface area (Å²) in [4.78, 5) is 12.9. The molecule has 1 aliphatic heterocycles. The molecule has 1 amide bonds. The molecule has 0 unspecified atom stereocenters. The van der Waals surface area contributed by atoms with E-state index in [9.17, 15) is 26.0 Å². The fourth-order valence-corrected chi connectivity index (χ4v) is 6.50. The fourth-order valence-electron chi connectivity index (χ4n) is 3.70. The van der Waals surface area contributed by atoms with E-state index in [1.54, 1.807) is 13.8 Å². The monoisotopic (exact) mass is 513 g/mol. The zero-order valence-electron chi connectivity index (χ0n) is 19.1. The SMILES string of the molecule is COc1ccc(S(=O)(=O)NC(C)C)cc1NC(=O)[C@@H]1CCCN(S(=O)(=O)c2ccc(F)cc2)C1. The molecule has 0 spiro atoms. The van der Waals surface area contributed by atoms with E-state index in [1.165, 1.54) is 41.7 Å². The second kappa shape index (κ2) is 10.4. The summed E-state index contributed by atoms with van der Waals surface area (Å²) in [6, 6.07) is 8.32. The molecule has 9 nitrogen and oxygen atoms in total. The van der Waals surface area contributed by atoms with Crippen molar-refractivity contribution in [3.05, 3.63) is 48.3 Å². The molecule has 2 N–H and O–H groups in total. The molecule has 0 saturated carbocycles. The van der Waals surface area contributed by atoms with Gasteiger partial charge in [-0.2, -0.15) is 4.31 Å². The van der Waals surface area contributed by atoms with Gasteiger partial charge in [-0.05, 0) is 69.2 Å². The number of carbonyl (C=O) groups excluding carboxylic acids is 1. The van der Waals surface area contributed by atoms with Gasteiger partial charge in [0.25, 0.3) is 0 Å². The lowest BCUT2D eigenvalue weighted by molar-refractivity contribution is -0.120. The van der Waals surface area contributed by atoms with Crippen molar-refractivity contribution in [1.29, 1.82) is 0 Å². The number of nitrogens with zero attached hydrogens (tertiary/aromatic N) is 1. The van der Waals surface area contributed by atoms with E-state index in [2.05, 4.69) is 10.0 Å². The van der Waals surface area contributed by atoms with Crippen molar-refractivity contribution in [2.24, 2.45) is 5.92 Å². The number of piperidine rings is 1. The fraction of sp³-hybridized carbons (Fsp3) is 0.409. The van der Waals surface area contributed by atoms with E-state index in [1.807, 2.05) is 0 Å². The number of rotatable bonds is 8. The lowest BCUT2D eigenvalue weighted by Gasteiger charge is -2.31. The van der Waals surface area contributed by atoms with Gasteiger partial charge in [-0.15, -0.1) is 0 Å². The van der Waals surface area contributed by atoms with Crippen LogP contribution in [0.1, 0.15) is 26.7 Å². The maximum atomic E-state index is 13.2. The molecule has 0 bridgehead atoms. The van der Waals surface area contributed by atoms with E-state index >= 15 is 0 Å². The molecule has 186 valence electrons. The molecule has 2 aromatic carbocycles. The molecule has 1 atom stereocenters. The summed E-state index contributed by atoms with van der Waals surface area (Å²) in [5.74, 6) is -1.40. The predicted molar refractivity (Wildman–Crippen MR) is 125 cm³/mol. The number of amides is 1. The number of hydrogen-bond acceptors (Lipinski definition) is 6. The van der Waals surface area contributed by atoms with E-state index < -0.39 is 37.7 Å². The third-order valence-electron chi connectivity index (χ3n) is 5.34. The minimum atomic E-state index is -3.89. The maximum absolute atomic E-state index is 13.2. The standard InChI is InChI=1S/C22H28FN3O6S2/c1-15(2)25-33(28,29)19-10-11-21(32-3)20(13-19)24-22(27)16-5-4-12-26(14-16)34(30,31)18-8-6-17(23)7-9-18/h6-11,13,15-16,25H,4-5,12,14H2,1-3H3,(H,24,27)/t16-/m1/s1. The first kappa shape index (κ1) is 26.1. The number of sulfonamides is 2. The second-order valence-electron chi connectivity index (χ2n) is 8.28. The highest BCUT2D eigenvalue weighted by Crippen LogP contribution is 2.30. The van der Waals surface area contributed by atoms with Crippen LogP contribution in [0.15, 0.2) is 52.3 Å². The van der Waals surface area contributed by atoms with Crippen LogP contribution in [0.25, 0.3) is 0 Å². The van der Waals surface area contributed by atoms with Gasteiger partial charge in [0.2, 0.25) is 26.0 Å². The normalized spacial score (nSPS) is 17.5. The summed E-state index contributed by atoms with van der Waals surface area (Å²) in [5.41, 5.74) is 0.164. The molecule has 0 radical (unpaired) electrons. The molecule has 34 heavy (non-hydrogen) atoms. The van der Waals surface area contributed by atoms with E-state index in [-0.39, 0.29) is 40.4 Å². The number of benzene rings is 2. The summed E-state index contributed by atoms with van der Waals surface area (Å²) in [5, 5.41) is 2.69. The van der Waals surface area contributed by atoms with Gasteiger partial charge >= 0.3 is 0 Å². The number of carbonyl (C=O) groups is 1. The van der Waals surface area contributed by atoms with Gasteiger partial charge in [0, 0.05) is 19.1 Å². The first-order valence-corrected chi connectivity index (χ1v) is 13.6. The lowest BCUT2D eigenvalue weighted by atomic mass is 9.98. The molecule has 1 fully saturated rings. The highest BCUT2D eigenvalue weighted by atomic mass is 32.2. The zero-order chi connectivity index (χ0) is 25.1. The summed E-state index contributed by atoms with van der Waals surface area (Å²) in [6.45, 7) is 3.57. The molecule has 1 aliphatic rings. The molecule has 1 heterocycles. The second-order valence-corrected chi connectivity index (χ2v) is 11.9. The van der Waals surface area contributed by atoms with E-state index in [0.717, 1.165) is 12.1 Å². The van der Waals surface area contributed by atoms with E-state index in [0.29, 0.717) is 12.8 Å². The number of ether oxygens (including phenoxy) is 1. The maximum Gasteiger partial charge on any atom is 0.243 e. The van der Waals surface area contributed by atoms with Crippen LogP contribution >= 0.6 is 0 Å². The van der Waals surface area contributed by atoms with Crippen LogP contribution in [0.2, 0.25) is 0 Å². The number of hydrogen-bond donors (Lipinski definition) is 2. The van der Waals surface area contributed by atoms with Crippen molar-refractivity contribution in [2.45, 2.75) is 42.5 Å². The number of halogens is 1. The van der Waals surface area contributed by atoms with Gasteiger partial charge in [0.05, 0.1) is 28.5 Å². The van der Waals surface area contributed by atoms with Gasteiger partial charge < -0.3 is 10.1 Å². The van der Waals surface area contributed by atoms with Crippen molar-refractivity contribution < 1.29 is 30.8 Å². The molecular formula is C22H28FN3O6S2. The Morgan fingerprint density at radius 3 is 2.35 bits per heavy atom. The molecule has 0 aromatic heterocycles. The zero-order valence-corrected chi connectivity index (χ0v) is 20.7. The van der Waals surface area contributed by atoms with Crippen molar-refractivity contribution in [2.75, 3.05) is 25.5 Å². The average Bonchev–Trinajstić information content (AvgIpc) is 2.78. The van der Waals surface area contributed by atoms with Gasteiger partial charge in [0.1, 0.15) is 11.6 Å². The van der Waals surface area contributed by atoms with Gasteiger partial charge in [-0.1, -0.05) is 0 Å². The third-order valence-corrected chi connectivity index (χ3v) is 8.87. The van der Waals surface area contributed by atoms with Crippen LogP contribution in [0.3, 0.4) is 0 Å². The smallest absolute Gasteiger partial charge is 0.243 e. The third kappa shape index (κ3) is 5.93. The largest absolute Gasteiger partial charge is 0.495 e. The Morgan fingerprint density at radius 1 is 1.09 bits per heavy atom. The summed E-state index contributed by atoms with van der Waals surface area (Å²) in [7, 11) is -6.30. The Balaban J connectivity index is 1.80. The molecule has 0 aliphatic carbocycles. The lowest BCUT2D eigenvalue weighted by Crippen LogP contribution is -2.43.